The van der Waals surface area contributed by atoms with Gasteiger partial charge in [0.05, 0.1) is 23.1 Å². The Kier molecular flexibility index (Phi) is 3.90. The molecule has 0 aliphatic heterocycles. The zero-order valence-corrected chi connectivity index (χ0v) is 11.7. The molecular weight excluding hydrogens is 262 g/mol. The van der Waals surface area contributed by atoms with E-state index in [1.807, 2.05) is 48.9 Å². The molecule has 4 nitrogen and oxygen atoms in total. The predicted octanol–water partition coefficient (Wildman–Crippen LogP) is 3.08. The minimum atomic E-state index is -0.608. The molecule has 0 radical (unpaired) electrons. The third-order valence-corrected chi connectivity index (χ3v) is 3.55. The summed E-state index contributed by atoms with van der Waals surface area (Å²) in [5, 5.41) is 2.92. The summed E-state index contributed by atoms with van der Waals surface area (Å²) in [6.07, 6.45) is 5.22. The number of hydrogen-bond acceptors (Lipinski definition) is 2. The van der Waals surface area contributed by atoms with Crippen molar-refractivity contribution in [3.63, 3.8) is 0 Å². The lowest BCUT2D eigenvalue weighted by Crippen LogP contribution is -2.32. The molecule has 2 rings (SSSR count). The summed E-state index contributed by atoms with van der Waals surface area (Å²) in [6, 6.07) is 7.57. The number of imidazole rings is 1. The van der Waals surface area contributed by atoms with Crippen LogP contribution >= 0.6 is 11.6 Å². The number of amides is 1. The molecule has 100 valence electrons. The number of para-hydroxylation sites is 2. The van der Waals surface area contributed by atoms with Gasteiger partial charge in [-0.3, -0.25) is 4.79 Å². The highest BCUT2D eigenvalue weighted by Crippen LogP contribution is 2.24. The van der Waals surface area contributed by atoms with E-state index in [0.29, 0.717) is 0 Å². The SMILES string of the molecule is CC(C)(CCl)C(=O)Nc1ccccc1-n1ccnc1. The minimum absolute atomic E-state index is 0.102. The highest BCUT2D eigenvalue weighted by Gasteiger charge is 2.27. The van der Waals surface area contributed by atoms with E-state index in [1.165, 1.54) is 0 Å². The summed E-state index contributed by atoms with van der Waals surface area (Å²) >= 11 is 5.82. The number of alkyl halides is 1. The molecular formula is C14H16ClN3O. The van der Waals surface area contributed by atoms with Crippen LogP contribution in [0.15, 0.2) is 43.0 Å². The van der Waals surface area contributed by atoms with Crippen LogP contribution in [0.4, 0.5) is 5.69 Å². The molecule has 0 saturated heterocycles. The fourth-order valence-corrected chi connectivity index (χ4v) is 1.68. The molecule has 1 heterocycles. The predicted molar refractivity (Wildman–Crippen MR) is 76.7 cm³/mol. The zero-order valence-electron chi connectivity index (χ0n) is 10.9. The quantitative estimate of drug-likeness (QED) is 0.873. The highest BCUT2D eigenvalue weighted by atomic mass is 35.5. The average Bonchev–Trinajstić information content (AvgIpc) is 2.93. The third kappa shape index (κ3) is 2.96. The first-order valence-corrected chi connectivity index (χ1v) is 6.53. The van der Waals surface area contributed by atoms with E-state index < -0.39 is 5.41 Å². The molecule has 1 N–H and O–H groups in total. The minimum Gasteiger partial charge on any atom is -0.324 e. The van der Waals surface area contributed by atoms with E-state index in [-0.39, 0.29) is 11.8 Å². The van der Waals surface area contributed by atoms with Gasteiger partial charge in [-0.05, 0) is 26.0 Å². The van der Waals surface area contributed by atoms with Gasteiger partial charge in [0.1, 0.15) is 0 Å². The van der Waals surface area contributed by atoms with Crippen LogP contribution in [0.5, 0.6) is 0 Å². The van der Waals surface area contributed by atoms with E-state index in [0.717, 1.165) is 11.4 Å². The van der Waals surface area contributed by atoms with Crippen molar-refractivity contribution < 1.29 is 4.79 Å². The van der Waals surface area contributed by atoms with Crippen LogP contribution in [0.2, 0.25) is 0 Å². The van der Waals surface area contributed by atoms with Gasteiger partial charge in [0.25, 0.3) is 0 Å². The summed E-state index contributed by atoms with van der Waals surface area (Å²) in [6.45, 7) is 3.63. The van der Waals surface area contributed by atoms with Crippen molar-refractivity contribution in [2.75, 3.05) is 11.2 Å². The number of halogens is 1. The van der Waals surface area contributed by atoms with E-state index in [9.17, 15) is 4.79 Å². The third-order valence-electron chi connectivity index (χ3n) is 2.88. The Morgan fingerprint density at radius 2 is 2.16 bits per heavy atom. The van der Waals surface area contributed by atoms with E-state index in [4.69, 9.17) is 11.6 Å². The monoisotopic (exact) mass is 277 g/mol. The Hall–Kier alpha value is -1.81. The van der Waals surface area contributed by atoms with Gasteiger partial charge in [0.2, 0.25) is 5.91 Å². The van der Waals surface area contributed by atoms with Gasteiger partial charge in [0, 0.05) is 18.3 Å². The number of rotatable bonds is 4. The van der Waals surface area contributed by atoms with Gasteiger partial charge in [-0.1, -0.05) is 12.1 Å². The van der Waals surface area contributed by atoms with E-state index in [1.54, 1.807) is 12.5 Å². The van der Waals surface area contributed by atoms with Crippen LogP contribution in [0, 0.1) is 5.41 Å². The Labute approximate surface area is 117 Å². The van der Waals surface area contributed by atoms with Crippen molar-refractivity contribution in [3.8, 4) is 5.69 Å². The fraction of sp³-hybridized carbons (Fsp3) is 0.286. The molecule has 0 saturated carbocycles. The first-order valence-electron chi connectivity index (χ1n) is 5.99. The van der Waals surface area contributed by atoms with Gasteiger partial charge in [-0.2, -0.15) is 0 Å². The number of carbonyl (C=O) groups is 1. The molecule has 1 amide bonds. The number of hydrogen-bond donors (Lipinski definition) is 1. The number of aromatic nitrogens is 2. The summed E-state index contributed by atoms with van der Waals surface area (Å²) in [5.74, 6) is 0.168. The lowest BCUT2D eigenvalue weighted by atomic mass is 9.95. The molecule has 1 aromatic heterocycles. The maximum absolute atomic E-state index is 12.2. The van der Waals surface area contributed by atoms with Crippen LogP contribution in [0.3, 0.4) is 0 Å². The first-order chi connectivity index (χ1) is 9.04. The second-order valence-electron chi connectivity index (χ2n) is 4.96. The van der Waals surface area contributed by atoms with Gasteiger partial charge in [0.15, 0.2) is 0 Å². The van der Waals surface area contributed by atoms with Gasteiger partial charge in [-0.15, -0.1) is 11.6 Å². The molecule has 0 aliphatic rings. The standard InChI is InChI=1S/C14H16ClN3O/c1-14(2,9-15)13(19)17-11-5-3-4-6-12(11)18-8-7-16-10-18/h3-8,10H,9H2,1-2H3,(H,17,19). The summed E-state index contributed by atoms with van der Waals surface area (Å²) in [5.41, 5.74) is 1.01. The second-order valence-corrected chi connectivity index (χ2v) is 5.23. The average molecular weight is 278 g/mol. The lowest BCUT2D eigenvalue weighted by Gasteiger charge is -2.21. The molecule has 1 aromatic carbocycles. The maximum Gasteiger partial charge on any atom is 0.231 e. The van der Waals surface area contributed by atoms with Gasteiger partial charge < -0.3 is 9.88 Å². The van der Waals surface area contributed by atoms with Crippen LogP contribution in [0.1, 0.15) is 13.8 Å². The first kappa shape index (κ1) is 13.6. The molecule has 19 heavy (non-hydrogen) atoms. The Morgan fingerprint density at radius 3 is 2.79 bits per heavy atom. The molecule has 0 atom stereocenters. The number of carbonyl (C=O) groups excluding carboxylic acids is 1. The van der Waals surface area contributed by atoms with E-state index >= 15 is 0 Å². The number of nitrogens with zero attached hydrogens (tertiary/aromatic N) is 2. The molecule has 2 aromatic rings. The molecule has 0 aliphatic carbocycles. The number of anilines is 1. The van der Waals surface area contributed by atoms with Crippen molar-refractivity contribution in [1.82, 2.24) is 9.55 Å². The van der Waals surface area contributed by atoms with Crippen molar-refractivity contribution in [1.29, 1.82) is 0 Å². The lowest BCUT2D eigenvalue weighted by molar-refractivity contribution is -0.122. The largest absolute Gasteiger partial charge is 0.324 e. The second kappa shape index (κ2) is 5.45. The number of benzene rings is 1. The smallest absolute Gasteiger partial charge is 0.231 e. The van der Waals surface area contributed by atoms with E-state index in [2.05, 4.69) is 10.3 Å². The fourth-order valence-electron chi connectivity index (χ4n) is 1.56. The molecule has 0 fully saturated rings. The van der Waals surface area contributed by atoms with Gasteiger partial charge >= 0.3 is 0 Å². The van der Waals surface area contributed by atoms with Crippen molar-refractivity contribution in [2.45, 2.75) is 13.8 Å². The Bertz CT molecular complexity index is 564. The number of nitrogens with one attached hydrogen (secondary N) is 1. The van der Waals surface area contributed by atoms with Crippen molar-refractivity contribution in [2.24, 2.45) is 5.41 Å². The molecule has 0 spiro atoms. The molecule has 5 heteroatoms. The zero-order chi connectivity index (χ0) is 13.9. The summed E-state index contributed by atoms with van der Waals surface area (Å²) in [7, 11) is 0. The van der Waals surface area contributed by atoms with Crippen LogP contribution in [-0.4, -0.2) is 21.3 Å². The maximum atomic E-state index is 12.2. The summed E-state index contributed by atoms with van der Waals surface area (Å²) < 4.78 is 1.85. The normalized spacial score (nSPS) is 11.3. The molecule has 0 unspecified atom stereocenters. The highest BCUT2D eigenvalue weighted by molar-refractivity contribution is 6.20. The van der Waals surface area contributed by atoms with Crippen LogP contribution in [-0.2, 0) is 4.79 Å². The summed E-state index contributed by atoms with van der Waals surface area (Å²) in [4.78, 5) is 16.2. The van der Waals surface area contributed by atoms with Gasteiger partial charge in [-0.25, -0.2) is 4.98 Å². The Balaban J connectivity index is 2.29. The Morgan fingerprint density at radius 1 is 1.42 bits per heavy atom. The van der Waals surface area contributed by atoms with Crippen LogP contribution < -0.4 is 5.32 Å². The molecule has 0 bridgehead atoms. The van der Waals surface area contributed by atoms with Crippen molar-refractivity contribution >= 4 is 23.2 Å². The van der Waals surface area contributed by atoms with Crippen LogP contribution in [0.25, 0.3) is 5.69 Å². The van der Waals surface area contributed by atoms with Crippen molar-refractivity contribution in [3.05, 3.63) is 43.0 Å². The topological polar surface area (TPSA) is 46.9 Å².